The van der Waals surface area contributed by atoms with E-state index in [1.54, 1.807) is 42.5 Å². The Morgan fingerprint density at radius 2 is 1.54 bits per heavy atom. The number of hydrogen-bond acceptors (Lipinski definition) is 3. The van der Waals surface area contributed by atoms with Gasteiger partial charge in [-0.15, -0.1) is 0 Å². The van der Waals surface area contributed by atoms with Crippen molar-refractivity contribution >= 4 is 5.97 Å². The van der Waals surface area contributed by atoms with E-state index in [1.165, 1.54) is 6.07 Å². The molecule has 3 aromatic rings. The number of hydrogen-bond donors (Lipinski definition) is 0. The predicted molar refractivity (Wildman–Crippen MR) is 88.5 cm³/mol. The number of carbonyl (C=O) groups excluding carboxylic acids is 1. The van der Waals surface area contributed by atoms with Crippen LogP contribution < -0.4 is 4.74 Å². The zero-order valence-electron chi connectivity index (χ0n) is 12.8. The zero-order chi connectivity index (χ0) is 16.8. The van der Waals surface area contributed by atoms with Gasteiger partial charge in [-0.1, -0.05) is 42.5 Å². The second kappa shape index (κ2) is 7.42. The maximum Gasteiger partial charge on any atom is 0.338 e. The van der Waals surface area contributed by atoms with Gasteiger partial charge < -0.3 is 9.47 Å². The highest BCUT2D eigenvalue weighted by atomic mass is 19.1. The molecule has 120 valence electrons. The molecule has 0 saturated carbocycles. The van der Waals surface area contributed by atoms with E-state index >= 15 is 0 Å². The molecule has 0 aliphatic rings. The second-order valence-corrected chi connectivity index (χ2v) is 5.11. The summed E-state index contributed by atoms with van der Waals surface area (Å²) in [6, 6.07) is 22.1. The van der Waals surface area contributed by atoms with Crippen molar-refractivity contribution < 1.29 is 18.7 Å². The average Bonchev–Trinajstić information content (AvgIpc) is 2.62. The van der Waals surface area contributed by atoms with Crippen molar-refractivity contribution in [3.8, 4) is 11.5 Å². The first-order valence-electron chi connectivity index (χ1n) is 7.46. The molecular formula is C20H15FO3. The third kappa shape index (κ3) is 3.98. The molecule has 0 bridgehead atoms. The molecule has 0 aromatic heterocycles. The van der Waals surface area contributed by atoms with Crippen LogP contribution in [0.2, 0.25) is 0 Å². The fourth-order valence-corrected chi connectivity index (χ4v) is 2.15. The largest absolute Gasteiger partial charge is 0.457 e. The SMILES string of the molecule is O=C(OCc1ccccc1F)c1cccc(Oc2ccccc2)c1. The molecule has 0 aliphatic heterocycles. The Hall–Kier alpha value is -3.14. The van der Waals surface area contributed by atoms with E-state index < -0.39 is 11.8 Å². The number of esters is 1. The molecule has 24 heavy (non-hydrogen) atoms. The lowest BCUT2D eigenvalue weighted by Gasteiger charge is -2.08. The van der Waals surface area contributed by atoms with Gasteiger partial charge >= 0.3 is 5.97 Å². The van der Waals surface area contributed by atoms with E-state index in [0.717, 1.165) is 0 Å². The Kier molecular flexibility index (Phi) is 4.87. The normalized spacial score (nSPS) is 10.2. The van der Waals surface area contributed by atoms with Crippen molar-refractivity contribution in [3.05, 3.63) is 95.8 Å². The Bertz CT molecular complexity index is 831. The summed E-state index contributed by atoms with van der Waals surface area (Å²) >= 11 is 0. The molecule has 3 aromatic carbocycles. The molecule has 0 N–H and O–H groups in total. The summed E-state index contributed by atoms with van der Waals surface area (Å²) in [5.41, 5.74) is 0.683. The van der Waals surface area contributed by atoms with Crippen molar-refractivity contribution in [2.75, 3.05) is 0 Å². The van der Waals surface area contributed by atoms with Crippen LogP contribution in [-0.4, -0.2) is 5.97 Å². The summed E-state index contributed by atoms with van der Waals surface area (Å²) in [6.45, 7) is -0.116. The third-order valence-electron chi connectivity index (χ3n) is 3.37. The van der Waals surface area contributed by atoms with Crippen LogP contribution in [0, 0.1) is 5.82 Å². The smallest absolute Gasteiger partial charge is 0.338 e. The third-order valence-corrected chi connectivity index (χ3v) is 3.37. The predicted octanol–water partition coefficient (Wildman–Crippen LogP) is 4.98. The number of benzene rings is 3. The summed E-state index contributed by atoms with van der Waals surface area (Å²) in [5.74, 6) is 0.277. The van der Waals surface area contributed by atoms with E-state index in [4.69, 9.17) is 9.47 Å². The van der Waals surface area contributed by atoms with Crippen LogP contribution in [0.25, 0.3) is 0 Å². The van der Waals surface area contributed by atoms with Gasteiger partial charge in [0.2, 0.25) is 0 Å². The van der Waals surface area contributed by atoms with E-state index in [2.05, 4.69) is 0 Å². The minimum Gasteiger partial charge on any atom is -0.457 e. The van der Waals surface area contributed by atoms with Crippen LogP contribution in [-0.2, 0) is 11.3 Å². The number of ether oxygens (including phenoxy) is 2. The number of halogens is 1. The summed E-state index contributed by atoms with van der Waals surface area (Å²) in [7, 11) is 0. The monoisotopic (exact) mass is 322 g/mol. The molecule has 0 fully saturated rings. The first-order chi connectivity index (χ1) is 11.7. The van der Waals surface area contributed by atoms with Gasteiger partial charge in [-0.2, -0.15) is 0 Å². The highest BCUT2D eigenvalue weighted by molar-refractivity contribution is 5.89. The average molecular weight is 322 g/mol. The molecule has 3 nitrogen and oxygen atoms in total. The molecule has 3 rings (SSSR count). The molecule has 0 saturated heterocycles. The second-order valence-electron chi connectivity index (χ2n) is 5.11. The summed E-state index contributed by atoms with van der Waals surface area (Å²) < 4.78 is 24.4. The highest BCUT2D eigenvalue weighted by Crippen LogP contribution is 2.22. The van der Waals surface area contributed by atoms with Crippen LogP contribution in [0.4, 0.5) is 4.39 Å². The molecule has 0 heterocycles. The lowest BCUT2D eigenvalue weighted by Crippen LogP contribution is -2.06. The van der Waals surface area contributed by atoms with E-state index in [1.807, 2.05) is 30.3 Å². The van der Waals surface area contributed by atoms with E-state index in [0.29, 0.717) is 22.6 Å². The van der Waals surface area contributed by atoms with Gasteiger partial charge in [0.15, 0.2) is 0 Å². The van der Waals surface area contributed by atoms with Crippen molar-refractivity contribution in [1.82, 2.24) is 0 Å². The summed E-state index contributed by atoms with van der Waals surface area (Å²) in [5, 5.41) is 0. The van der Waals surface area contributed by atoms with E-state index in [9.17, 15) is 9.18 Å². The van der Waals surface area contributed by atoms with E-state index in [-0.39, 0.29) is 6.61 Å². The van der Waals surface area contributed by atoms with Crippen molar-refractivity contribution in [3.63, 3.8) is 0 Å². The Labute approximate surface area is 139 Å². The Morgan fingerprint density at radius 3 is 2.33 bits per heavy atom. The quantitative estimate of drug-likeness (QED) is 0.622. The minimum atomic E-state index is -0.531. The molecule has 0 amide bonds. The molecule has 0 spiro atoms. The number of carbonyl (C=O) groups is 1. The zero-order valence-corrected chi connectivity index (χ0v) is 12.8. The molecule has 0 atom stereocenters. The summed E-state index contributed by atoms with van der Waals surface area (Å²) in [6.07, 6.45) is 0. The van der Waals surface area contributed by atoms with Crippen LogP contribution in [0.1, 0.15) is 15.9 Å². The standard InChI is InChI=1S/C20H15FO3/c21-19-12-5-4-7-16(19)14-23-20(22)15-8-6-11-18(13-15)24-17-9-2-1-3-10-17/h1-13H,14H2. The fourth-order valence-electron chi connectivity index (χ4n) is 2.15. The van der Waals surface area contributed by atoms with Gasteiger partial charge in [0.05, 0.1) is 5.56 Å². The van der Waals surface area contributed by atoms with Crippen LogP contribution >= 0.6 is 0 Å². The maximum absolute atomic E-state index is 13.5. The number of rotatable bonds is 5. The fraction of sp³-hybridized carbons (Fsp3) is 0.0500. The molecule has 0 unspecified atom stereocenters. The van der Waals surface area contributed by atoms with Gasteiger partial charge in [0.1, 0.15) is 23.9 Å². The Morgan fingerprint density at radius 1 is 0.833 bits per heavy atom. The lowest BCUT2D eigenvalue weighted by atomic mass is 10.2. The molecule has 0 radical (unpaired) electrons. The Balaban J connectivity index is 1.67. The minimum absolute atomic E-state index is 0.116. The first-order valence-corrected chi connectivity index (χ1v) is 7.46. The topological polar surface area (TPSA) is 35.5 Å². The molecule has 4 heteroatoms. The highest BCUT2D eigenvalue weighted by Gasteiger charge is 2.10. The van der Waals surface area contributed by atoms with Crippen LogP contribution in [0.15, 0.2) is 78.9 Å². The van der Waals surface area contributed by atoms with Gasteiger partial charge in [0, 0.05) is 5.56 Å². The number of para-hydroxylation sites is 1. The van der Waals surface area contributed by atoms with Gasteiger partial charge in [-0.25, -0.2) is 9.18 Å². The summed E-state index contributed by atoms with van der Waals surface area (Å²) in [4.78, 5) is 12.1. The van der Waals surface area contributed by atoms with Crippen LogP contribution in [0.5, 0.6) is 11.5 Å². The van der Waals surface area contributed by atoms with Crippen LogP contribution in [0.3, 0.4) is 0 Å². The first kappa shape index (κ1) is 15.7. The van der Waals surface area contributed by atoms with Crippen molar-refractivity contribution in [2.24, 2.45) is 0 Å². The van der Waals surface area contributed by atoms with Gasteiger partial charge in [0.25, 0.3) is 0 Å². The van der Waals surface area contributed by atoms with Crippen molar-refractivity contribution in [2.45, 2.75) is 6.61 Å². The maximum atomic E-state index is 13.5. The van der Waals surface area contributed by atoms with Gasteiger partial charge in [-0.05, 0) is 36.4 Å². The molecular weight excluding hydrogens is 307 g/mol. The van der Waals surface area contributed by atoms with Gasteiger partial charge in [-0.3, -0.25) is 0 Å². The molecule has 0 aliphatic carbocycles. The lowest BCUT2D eigenvalue weighted by molar-refractivity contribution is 0.0468. The van der Waals surface area contributed by atoms with Crippen molar-refractivity contribution in [1.29, 1.82) is 0 Å².